The fraction of sp³-hybridized carbons (Fsp3) is 0.500. The minimum absolute atomic E-state index is 0.00240. The van der Waals surface area contributed by atoms with Gasteiger partial charge in [0.2, 0.25) is 0 Å². The van der Waals surface area contributed by atoms with Crippen molar-refractivity contribution in [3.05, 3.63) is 41.4 Å². The van der Waals surface area contributed by atoms with Crippen molar-refractivity contribution in [3.8, 4) is 0 Å². The molecule has 0 spiro atoms. The predicted molar refractivity (Wildman–Crippen MR) is 92.0 cm³/mol. The van der Waals surface area contributed by atoms with Crippen LogP contribution in [0.15, 0.2) is 28.9 Å². The van der Waals surface area contributed by atoms with E-state index >= 15 is 0 Å². The second-order valence-corrected chi connectivity index (χ2v) is 6.10. The van der Waals surface area contributed by atoms with Crippen LogP contribution in [0, 0.1) is 6.92 Å². The highest BCUT2D eigenvalue weighted by Gasteiger charge is 2.32. The van der Waals surface area contributed by atoms with Crippen molar-refractivity contribution in [1.29, 1.82) is 0 Å². The Bertz CT molecular complexity index is 691. The summed E-state index contributed by atoms with van der Waals surface area (Å²) in [5.41, 5.74) is 1.46. The Kier molecular flexibility index (Phi) is 4.83. The molecule has 128 valence electrons. The molecule has 0 aromatic carbocycles. The summed E-state index contributed by atoms with van der Waals surface area (Å²) >= 11 is 0. The number of rotatable bonds is 5. The molecule has 3 rings (SSSR count). The molecule has 6 nitrogen and oxygen atoms in total. The first kappa shape index (κ1) is 16.5. The van der Waals surface area contributed by atoms with E-state index in [0.29, 0.717) is 5.56 Å². The number of carbonyl (C=O) groups excluding carboxylic acids is 1. The van der Waals surface area contributed by atoms with Crippen LogP contribution in [0.1, 0.15) is 54.5 Å². The van der Waals surface area contributed by atoms with E-state index in [-0.39, 0.29) is 11.9 Å². The van der Waals surface area contributed by atoms with Crippen molar-refractivity contribution < 1.29 is 9.32 Å². The van der Waals surface area contributed by atoms with E-state index in [1.54, 1.807) is 6.20 Å². The van der Waals surface area contributed by atoms with Gasteiger partial charge < -0.3 is 14.3 Å². The van der Waals surface area contributed by atoms with Crippen molar-refractivity contribution in [3.63, 3.8) is 0 Å². The molecule has 0 bridgehead atoms. The van der Waals surface area contributed by atoms with Gasteiger partial charge in [-0.1, -0.05) is 5.16 Å². The van der Waals surface area contributed by atoms with E-state index in [0.717, 1.165) is 49.7 Å². The minimum Gasteiger partial charge on any atom is -0.361 e. The smallest absolute Gasteiger partial charge is 0.255 e. The molecule has 6 heteroatoms. The Labute approximate surface area is 142 Å². The number of likely N-dealkylation sites (tertiary alicyclic amines) is 1. The van der Waals surface area contributed by atoms with Crippen LogP contribution in [0.25, 0.3) is 0 Å². The molecule has 0 saturated carbocycles. The van der Waals surface area contributed by atoms with E-state index < -0.39 is 0 Å². The molecule has 3 heterocycles. The fourth-order valence-electron chi connectivity index (χ4n) is 3.27. The third kappa shape index (κ3) is 3.13. The normalized spacial score (nSPS) is 17.3. The highest BCUT2D eigenvalue weighted by atomic mass is 16.5. The van der Waals surface area contributed by atoms with Crippen molar-refractivity contribution in [2.75, 3.05) is 24.5 Å². The monoisotopic (exact) mass is 328 g/mol. The summed E-state index contributed by atoms with van der Waals surface area (Å²) in [5, 5.41) is 4.09. The first-order valence-corrected chi connectivity index (χ1v) is 8.59. The Morgan fingerprint density at radius 1 is 1.38 bits per heavy atom. The van der Waals surface area contributed by atoms with Gasteiger partial charge in [0.1, 0.15) is 17.3 Å². The number of hydrogen-bond acceptors (Lipinski definition) is 5. The van der Waals surface area contributed by atoms with Gasteiger partial charge in [-0.15, -0.1) is 0 Å². The first-order chi connectivity index (χ1) is 11.6. The number of carbonyl (C=O) groups is 1. The standard InChI is InChI=1S/C18H24N4O2/c1-4-21(5-2)17-9-8-14(12-19-17)18(23)22-10-6-7-16(22)15-11-13(3)24-20-15/h8-9,11-12,16H,4-7,10H2,1-3H3. The van der Waals surface area contributed by atoms with Crippen LogP contribution in [0.4, 0.5) is 5.82 Å². The zero-order chi connectivity index (χ0) is 17.1. The molecular weight excluding hydrogens is 304 g/mol. The maximum Gasteiger partial charge on any atom is 0.255 e. The average Bonchev–Trinajstić information content (AvgIpc) is 3.24. The van der Waals surface area contributed by atoms with E-state index in [1.165, 1.54) is 0 Å². The zero-order valence-corrected chi connectivity index (χ0v) is 14.5. The lowest BCUT2D eigenvalue weighted by molar-refractivity contribution is 0.0730. The third-order valence-corrected chi connectivity index (χ3v) is 4.58. The molecular formula is C18H24N4O2. The topological polar surface area (TPSA) is 62.5 Å². The lowest BCUT2D eigenvalue weighted by atomic mass is 10.1. The number of hydrogen-bond donors (Lipinski definition) is 0. The Morgan fingerprint density at radius 2 is 2.17 bits per heavy atom. The summed E-state index contributed by atoms with van der Waals surface area (Å²) in [4.78, 5) is 21.4. The van der Waals surface area contributed by atoms with Crippen LogP contribution in [0.5, 0.6) is 0 Å². The number of aryl methyl sites for hydroxylation is 1. The minimum atomic E-state index is -0.00240. The number of amides is 1. The van der Waals surface area contributed by atoms with Gasteiger partial charge in [-0.2, -0.15) is 0 Å². The maximum absolute atomic E-state index is 12.9. The highest BCUT2D eigenvalue weighted by Crippen LogP contribution is 2.32. The lowest BCUT2D eigenvalue weighted by Gasteiger charge is -2.23. The molecule has 0 N–H and O–H groups in total. The van der Waals surface area contributed by atoms with Crippen LogP contribution >= 0.6 is 0 Å². The second-order valence-electron chi connectivity index (χ2n) is 6.10. The Hall–Kier alpha value is -2.37. The van der Waals surface area contributed by atoms with Gasteiger partial charge in [-0.25, -0.2) is 4.98 Å². The third-order valence-electron chi connectivity index (χ3n) is 4.58. The van der Waals surface area contributed by atoms with E-state index in [2.05, 4.69) is 28.9 Å². The summed E-state index contributed by atoms with van der Waals surface area (Å²) < 4.78 is 5.17. The van der Waals surface area contributed by atoms with Crippen LogP contribution < -0.4 is 4.90 Å². The summed E-state index contributed by atoms with van der Waals surface area (Å²) in [6.07, 6.45) is 3.58. The molecule has 1 aliphatic heterocycles. The van der Waals surface area contributed by atoms with Crippen molar-refractivity contribution >= 4 is 11.7 Å². The van der Waals surface area contributed by atoms with Crippen LogP contribution in [-0.4, -0.2) is 40.6 Å². The number of aromatic nitrogens is 2. The Balaban J connectivity index is 1.78. The van der Waals surface area contributed by atoms with Gasteiger partial charge in [-0.05, 0) is 45.7 Å². The van der Waals surface area contributed by atoms with E-state index in [4.69, 9.17) is 4.52 Å². The maximum atomic E-state index is 12.9. The molecule has 1 unspecified atom stereocenters. The number of pyridine rings is 1. The van der Waals surface area contributed by atoms with Gasteiger partial charge >= 0.3 is 0 Å². The first-order valence-electron chi connectivity index (χ1n) is 8.59. The van der Waals surface area contributed by atoms with E-state index in [9.17, 15) is 4.79 Å². The summed E-state index contributed by atoms with van der Waals surface area (Å²) in [5.74, 6) is 1.69. The molecule has 0 radical (unpaired) electrons. The number of nitrogens with zero attached hydrogens (tertiary/aromatic N) is 4. The van der Waals surface area contributed by atoms with Crippen molar-refractivity contribution in [2.24, 2.45) is 0 Å². The molecule has 1 aliphatic rings. The molecule has 24 heavy (non-hydrogen) atoms. The molecule has 1 atom stereocenters. The summed E-state index contributed by atoms with van der Waals surface area (Å²) in [6.45, 7) is 8.60. The molecule has 2 aromatic rings. The second kappa shape index (κ2) is 7.03. The van der Waals surface area contributed by atoms with Gasteiger partial charge in [-0.3, -0.25) is 4.79 Å². The molecule has 2 aromatic heterocycles. The average molecular weight is 328 g/mol. The van der Waals surface area contributed by atoms with Gasteiger partial charge in [0.25, 0.3) is 5.91 Å². The van der Waals surface area contributed by atoms with Gasteiger partial charge in [0.05, 0.1) is 11.6 Å². The predicted octanol–water partition coefficient (Wildman–Crippen LogP) is 3.20. The zero-order valence-electron chi connectivity index (χ0n) is 14.5. The highest BCUT2D eigenvalue weighted by molar-refractivity contribution is 5.94. The lowest BCUT2D eigenvalue weighted by Crippen LogP contribution is -2.31. The summed E-state index contributed by atoms with van der Waals surface area (Å²) in [6, 6.07) is 5.70. The molecule has 1 fully saturated rings. The summed E-state index contributed by atoms with van der Waals surface area (Å²) in [7, 11) is 0. The van der Waals surface area contributed by atoms with Crippen LogP contribution in [0.2, 0.25) is 0 Å². The molecule has 1 saturated heterocycles. The van der Waals surface area contributed by atoms with Gasteiger partial charge in [0.15, 0.2) is 0 Å². The van der Waals surface area contributed by atoms with Crippen LogP contribution in [-0.2, 0) is 0 Å². The largest absolute Gasteiger partial charge is 0.361 e. The SMILES string of the molecule is CCN(CC)c1ccc(C(=O)N2CCCC2c2cc(C)on2)cn1. The van der Waals surface area contributed by atoms with E-state index in [1.807, 2.05) is 30.0 Å². The van der Waals surface area contributed by atoms with Crippen molar-refractivity contribution in [2.45, 2.75) is 39.7 Å². The van der Waals surface area contributed by atoms with Crippen molar-refractivity contribution in [1.82, 2.24) is 15.0 Å². The molecule has 1 amide bonds. The fourth-order valence-corrected chi connectivity index (χ4v) is 3.27. The Morgan fingerprint density at radius 3 is 2.75 bits per heavy atom. The number of anilines is 1. The van der Waals surface area contributed by atoms with Gasteiger partial charge in [0, 0.05) is 31.9 Å². The quantitative estimate of drug-likeness (QED) is 0.843. The van der Waals surface area contributed by atoms with Crippen LogP contribution in [0.3, 0.4) is 0 Å². The molecule has 0 aliphatic carbocycles.